The number of rotatable bonds is 4. The summed E-state index contributed by atoms with van der Waals surface area (Å²) in [5.41, 5.74) is 0.0508. The molecule has 0 spiro atoms. The highest BCUT2D eigenvalue weighted by Crippen LogP contribution is 2.04. The van der Waals surface area contributed by atoms with Crippen LogP contribution in [0.2, 0.25) is 0 Å². The van der Waals surface area contributed by atoms with Gasteiger partial charge in [-0.25, -0.2) is 9.78 Å². The van der Waals surface area contributed by atoms with Gasteiger partial charge in [0.15, 0.2) is 5.69 Å². The molecule has 0 radical (unpaired) electrons. The van der Waals surface area contributed by atoms with Crippen LogP contribution in [0.5, 0.6) is 0 Å². The molecule has 0 atom stereocenters. The van der Waals surface area contributed by atoms with Crippen molar-refractivity contribution in [1.82, 2.24) is 9.55 Å². The van der Waals surface area contributed by atoms with Crippen LogP contribution in [-0.2, 0) is 18.4 Å². The van der Waals surface area contributed by atoms with E-state index in [2.05, 4.69) is 4.98 Å². The standard InChI is InChI=1S/C9H14N2O3/c1-6(2)14-5-8-10-7(9(12)13)4-11(8)3/h4,6H,5H2,1-3H3,(H,12,13). The minimum Gasteiger partial charge on any atom is -0.476 e. The van der Waals surface area contributed by atoms with Gasteiger partial charge in [0.2, 0.25) is 0 Å². The molecular formula is C9H14N2O3. The summed E-state index contributed by atoms with van der Waals surface area (Å²) < 4.78 is 6.98. The second-order valence-electron chi connectivity index (χ2n) is 3.32. The summed E-state index contributed by atoms with van der Waals surface area (Å²) in [6, 6.07) is 0. The molecule has 1 aromatic heterocycles. The van der Waals surface area contributed by atoms with Crippen molar-refractivity contribution in [2.75, 3.05) is 0 Å². The third-order valence-electron chi connectivity index (χ3n) is 1.74. The van der Waals surface area contributed by atoms with Crippen molar-refractivity contribution >= 4 is 5.97 Å². The number of aromatic carboxylic acids is 1. The van der Waals surface area contributed by atoms with E-state index in [4.69, 9.17) is 9.84 Å². The van der Waals surface area contributed by atoms with E-state index in [9.17, 15) is 4.79 Å². The minimum atomic E-state index is -1.02. The zero-order chi connectivity index (χ0) is 10.7. The van der Waals surface area contributed by atoms with E-state index in [1.165, 1.54) is 6.20 Å². The second-order valence-corrected chi connectivity index (χ2v) is 3.32. The lowest BCUT2D eigenvalue weighted by molar-refractivity contribution is 0.0597. The molecule has 0 amide bonds. The molecule has 0 saturated carbocycles. The Bertz CT molecular complexity index is 331. The zero-order valence-corrected chi connectivity index (χ0v) is 8.52. The monoisotopic (exact) mass is 198 g/mol. The normalized spacial score (nSPS) is 10.9. The van der Waals surface area contributed by atoms with Gasteiger partial charge >= 0.3 is 5.97 Å². The highest BCUT2D eigenvalue weighted by molar-refractivity contribution is 5.85. The fraction of sp³-hybridized carbons (Fsp3) is 0.556. The molecule has 5 nitrogen and oxygen atoms in total. The van der Waals surface area contributed by atoms with Crippen molar-refractivity contribution in [2.45, 2.75) is 26.6 Å². The van der Waals surface area contributed by atoms with E-state index in [1.807, 2.05) is 13.8 Å². The molecule has 0 saturated heterocycles. The Morgan fingerprint density at radius 1 is 1.71 bits per heavy atom. The van der Waals surface area contributed by atoms with Crippen LogP contribution in [0.1, 0.15) is 30.2 Å². The van der Waals surface area contributed by atoms with Crippen LogP contribution in [0.4, 0.5) is 0 Å². The van der Waals surface area contributed by atoms with Crippen molar-refractivity contribution in [3.8, 4) is 0 Å². The van der Waals surface area contributed by atoms with Gasteiger partial charge in [-0.2, -0.15) is 0 Å². The predicted molar refractivity (Wildman–Crippen MR) is 50.1 cm³/mol. The molecule has 1 rings (SSSR count). The third-order valence-corrected chi connectivity index (χ3v) is 1.74. The van der Waals surface area contributed by atoms with Crippen LogP contribution in [-0.4, -0.2) is 26.7 Å². The highest BCUT2D eigenvalue weighted by atomic mass is 16.5. The van der Waals surface area contributed by atoms with Crippen LogP contribution in [0, 0.1) is 0 Å². The molecule has 0 aliphatic heterocycles. The minimum absolute atomic E-state index is 0.0508. The molecule has 1 heterocycles. The largest absolute Gasteiger partial charge is 0.476 e. The van der Waals surface area contributed by atoms with Gasteiger partial charge in [-0.3, -0.25) is 0 Å². The van der Waals surface area contributed by atoms with Gasteiger partial charge in [0.1, 0.15) is 12.4 Å². The van der Waals surface area contributed by atoms with Gasteiger partial charge in [-0.15, -0.1) is 0 Å². The molecule has 14 heavy (non-hydrogen) atoms. The molecule has 0 bridgehead atoms. The van der Waals surface area contributed by atoms with E-state index in [1.54, 1.807) is 11.6 Å². The molecule has 5 heteroatoms. The fourth-order valence-corrected chi connectivity index (χ4v) is 0.983. The lowest BCUT2D eigenvalue weighted by Gasteiger charge is -2.06. The van der Waals surface area contributed by atoms with Gasteiger partial charge < -0.3 is 14.4 Å². The first kappa shape index (κ1) is 10.7. The van der Waals surface area contributed by atoms with Gasteiger partial charge in [-0.1, -0.05) is 0 Å². The van der Waals surface area contributed by atoms with Crippen LogP contribution < -0.4 is 0 Å². The number of nitrogens with zero attached hydrogens (tertiary/aromatic N) is 2. The average molecular weight is 198 g/mol. The molecule has 0 fully saturated rings. The van der Waals surface area contributed by atoms with Crippen molar-refractivity contribution in [3.05, 3.63) is 17.7 Å². The smallest absolute Gasteiger partial charge is 0.356 e. The number of aryl methyl sites for hydroxylation is 1. The summed E-state index contributed by atoms with van der Waals surface area (Å²) >= 11 is 0. The predicted octanol–water partition coefficient (Wildman–Crippen LogP) is 1.04. The highest BCUT2D eigenvalue weighted by Gasteiger charge is 2.11. The van der Waals surface area contributed by atoms with E-state index < -0.39 is 5.97 Å². The SMILES string of the molecule is CC(C)OCc1nc(C(=O)O)cn1C. The maximum absolute atomic E-state index is 10.6. The number of hydrogen-bond acceptors (Lipinski definition) is 3. The number of ether oxygens (including phenoxy) is 1. The number of carboxylic acid groups (broad SMARTS) is 1. The first-order chi connectivity index (χ1) is 6.50. The molecule has 0 aromatic carbocycles. The number of aromatic nitrogens is 2. The topological polar surface area (TPSA) is 64.3 Å². The van der Waals surface area contributed by atoms with Crippen LogP contribution in [0.15, 0.2) is 6.20 Å². The van der Waals surface area contributed by atoms with Gasteiger partial charge in [0.25, 0.3) is 0 Å². The quantitative estimate of drug-likeness (QED) is 0.785. The lowest BCUT2D eigenvalue weighted by atomic mass is 10.5. The van der Waals surface area contributed by atoms with E-state index in [-0.39, 0.29) is 11.8 Å². The number of hydrogen-bond donors (Lipinski definition) is 1. The summed E-state index contributed by atoms with van der Waals surface area (Å²) in [5.74, 6) is -0.396. The van der Waals surface area contributed by atoms with Crippen molar-refractivity contribution in [1.29, 1.82) is 0 Å². The summed E-state index contributed by atoms with van der Waals surface area (Å²) in [6.07, 6.45) is 1.58. The average Bonchev–Trinajstić information content (AvgIpc) is 2.43. The van der Waals surface area contributed by atoms with Crippen LogP contribution in [0.25, 0.3) is 0 Å². The molecule has 0 aliphatic rings. The summed E-state index contributed by atoms with van der Waals surface area (Å²) in [6.45, 7) is 4.17. The first-order valence-electron chi connectivity index (χ1n) is 4.38. The number of carboxylic acids is 1. The maximum atomic E-state index is 10.6. The Labute approximate surface area is 82.3 Å². The van der Waals surface area contributed by atoms with E-state index in [0.717, 1.165) is 0 Å². The summed E-state index contributed by atoms with van der Waals surface area (Å²) in [5, 5.41) is 8.68. The van der Waals surface area contributed by atoms with Gasteiger partial charge in [0.05, 0.1) is 6.10 Å². The Hall–Kier alpha value is -1.36. The van der Waals surface area contributed by atoms with Gasteiger partial charge in [-0.05, 0) is 13.8 Å². The van der Waals surface area contributed by atoms with Crippen molar-refractivity contribution in [3.63, 3.8) is 0 Å². The Morgan fingerprint density at radius 3 is 2.79 bits per heavy atom. The molecule has 1 N–H and O–H groups in total. The first-order valence-corrected chi connectivity index (χ1v) is 4.38. The maximum Gasteiger partial charge on any atom is 0.356 e. The van der Waals surface area contributed by atoms with Crippen molar-refractivity contribution < 1.29 is 14.6 Å². The molecule has 78 valence electrons. The van der Waals surface area contributed by atoms with E-state index >= 15 is 0 Å². The summed E-state index contributed by atoms with van der Waals surface area (Å²) in [4.78, 5) is 14.5. The summed E-state index contributed by atoms with van der Waals surface area (Å²) in [7, 11) is 1.75. The molecule has 0 aliphatic carbocycles. The van der Waals surface area contributed by atoms with Crippen molar-refractivity contribution in [2.24, 2.45) is 7.05 Å². The molecule has 1 aromatic rings. The Balaban J connectivity index is 2.72. The fourth-order valence-electron chi connectivity index (χ4n) is 0.983. The third kappa shape index (κ3) is 2.56. The molecular weight excluding hydrogens is 184 g/mol. The molecule has 0 unspecified atom stereocenters. The second kappa shape index (κ2) is 4.23. The number of imidazole rings is 1. The number of carbonyl (C=O) groups is 1. The van der Waals surface area contributed by atoms with Crippen LogP contribution >= 0.6 is 0 Å². The van der Waals surface area contributed by atoms with Crippen LogP contribution in [0.3, 0.4) is 0 Å². The van der Waals surface area contributed by atoms with Gasteiger partial charge in [0, 0.05) is 13.2 Å². The zero-order valence-electron chi connectivity index (χ0n) is 8.52. The van der Waals surface area contributed by atoms with E-state index in [0.29, 0.717) is 12.4 Å². The Kier molecular flexibility index (Phi) is 3.24. The lowest BCUT2D eigenvalue weighted by Crippen LogP contribution is -2.06. The Morgan fingerprint density at radius 2 is 2.36 bits per heavy atom.